The van der Waals surface area contributed by atoms with Gasteiger partial charge in [0.15, 0.2) is 5.82 Å². The summed E-state index contributed by atoms with van der Waals surface area (Å²) in [6, 6.07) is 3.47. The first-order chi connectivity index (χ1) is 13.6. The summed E-state index contributed by atoms with van der Waals surface area (Å²) in [5.41, 5.74) is 1.02. The predicted octanol–water partition coefficient (Wildman–Crippen LogP) is 2.27. The Morgan fingerprint density at radius 1 is 1.00 bits per heavy atom. The van der Waals surface area contributed by atoms with E-state index in [0.717, 1.165) is 30.8 Å². The molecule has 0 saturated carbocycles. The fourth-order valence-electron chi connectivity index (χ4n) is 3.79. The summed E-state index contributed by atoms with van der Waals surface area (Å²) < 4.78 is 13.9. The number of hydrogen-bond acceptors (Lipinski definition) is 6. The van der Waals surface area contributed by atoms with E-state index in [1.165, 1.54) is 31.5 Å². The molecule has 148 valence electrons. The Kier molecular flexibility index (Phi) is 5.36. The number of rotatable bonds is 3. The van der Waals surface area contributed by atoms with Crippen molar-refractivity contribution in [1.82, 2.24) is 19.9 Å². The molecule has 4 rings (SSSR count). The molecular formula is C20H25FN6O. The number of piperazine rings is 1. The summed E-state index contributed by atoms with van der Waals surface area (Å²) >= 11 is 0. The van der Waals surface area contributed by atoms with Crippen LogP contribution in [0.5, 0.6) is 0 Å². The van der Waals surface area contributed by atoms with E-state index in [1.54, 1.807) is 4.90 Å². The molecule has 0 N–H and O–H groups in total. The van der Waals surface area contributed by atoms with Gasteiger partial charge in [-0.1, -0.05) is 0 Å². The number of piperidine rings is 1. The third-order valence-electron chi connectivity index (χ3n) is 5.36. The molecule has 2 saturated heterocycles. The second kappa shape index (κ2) is 8.08. The molecule has 0 radical (unpaired) electrons. The molecule has 0 atom stereocenters. The van der Waals surface area contributed by atoms with Gasteiger partial charge in [0.25, 0.3) is 5.91 Å². The van der Waals surface area contributed by atoms with Crippen molar-refractivity contribution >= 4 is 17.7 Å². The van der Waals surface area contributed by atoms with Gasteiger partial charge in [0.05, 0.1) is 11.8 Å². The largest absolute Gasteiger partial charge is 0.356 e. The molecule has 0 aromatic carbocycles. The molecule has 4 heterocycles. The van der Waals surface area contributed by atoms with Gasteiger partial charge in [0.2, 0.25) is 5.95 Å². The van der Waals surface area contributed by atoms with E-state index >= 15 is 0 Å². The number of aromatic nitrogens is 3. The van der Waals surface area contributed by atoms with Crippen LogP contribution in [0.15, 0.2) is 24.5 Å². The Labute approximate surface area is 164 Å². The Hall–Kier alpha value is -2.77. The average Bonchev–Trinajstić information content (AvgIpc) is 2.74. The molecule has 0 unspecified atom stereocenters. The van der Waals surface area contributed by atoms with Gasteiger partial charge in [-0.3, -0.25) is 9.78 Å². The molecule has 2 aliphatic heterocycles. The normalized spacial score (nSPS) is 17.7. The van der Waals surface area contributed by atoms with Crippen molar-refractivity contribution < 1.29 is 9.18 Å². The number of aryl methyl sites for hydroxylation is 1. The second-order valence-electron chi connectivity index (χ2n) is 7.35. The maximum Gasteiger partial charge on any atom is 0.257 e. The maximum atomic E-state index is 13.9. The van der Waals surface area contributed by atoms with Gasteiger partial charge >= 0.3 is 0 Å². The zero-order valence-electron chi connectivity index (χ0n) is 16.1. The van der Waals surface area contributed by atoms with Crippen molar-refractivity contribution in [2.45, 2.75) is 26.2 Å². The number of amides is 1. The standard InChI is InChI=1S/C20H25FN6O/c1-15-13-18(25-7-3-2-4-8-25)24-20(23-15)27-11-9-26(10-12-27)19(28)16-5-6-22-14-17(16)21/h5-6,13-14H,2-4,7-12H2,1H3. The number of carbonyl (C=O) groups excluding carboxylic acids is 1. The molecule has 28 heavy (non-hydrogen) atoms. The average molecular weight is 384 g/mol. The molecule has 0 spiro atoms. The van der Waals surface area contributed by atoms with Gasteiger partial charge in [-0.2, -0.15) is 4.98 Å². The highest BCUT2D eigenvalue weighted by atomic mass is 19.1. The Morgan fingerprint density at radius 2 is 1.75 bits per heavy atom. The van der Waals surface area contributed by atoms with Crippen molar-refractivity contribution in [3.63, 3.8) is 0 Å². The first kappa shape index (κ1) is 18.6. The van der Waals surface area contributed by atoms with E-state index in [1.807, 2.05) is 13.0 Å². The van der Waals surface area contributed by atoms with Crippen LogP contribution in [0, 0.1) is 12.7 Å². The lowest BCUT2D eigenvalue weighted by Crippen LogP contribution is -2.49. The van der Waals surface area contributed by atoms with E-state index in [-0.39, 0.29) is 11.5 Å². The minimum Gasteiger partial charge on any atom is -0.356 e. The fraction of sp³-hybridized carbons (Fsp3) is 0.500. The minimum atomic E-state index is -0.580. The van der Waals surface area contributed by atoms with Crippen molar-refractivity contribution in [1.29, 1.82) is 0 Å². The molecule has 2 fully saturated rings. The van der Waals surface area contributed by atoms with Crippen LogP contribution in [-0.2, 0) is 0 Å². The minimum absolute atomic E-state index is 0.0719. The van der Waals surface area contributed by atoms with Gasteiger partial charge < -0.3 is 14.7 Å². The molecule has 2 aromatic heterocycles. The van der Waals surface area contributed by atoms with Gasteiger partial charge in [-0.05, 0) is 32.3 Å². The Morgan fingerprint density at radius 3 is 2.46 bits per heavy atom. The first-order valence-corrected chi connectivity index (χ1v) is 9.86. The highest BCUT2D eigenvalue weighted by Crippen LogP contribution is 2.22. The summed E-state index contributed by atoms with van der Waals surface area (Å²) in [6.07, 6.45) is 6.19. The lowest BCUT2D eigenvalue weighted by molar-refractivity contribution is 0.0741. The topological polar surface area (TPSA) is 65.5 Å². The number of nitrogens with zero attached hydrogens (tertiary/aromatic N) is 6. The van der Waals surface area contributed by atoms with E-state index in [9.17, 15) is 9.18 Å². The van der Waals surface area contributed by atoms with Crippen molar-refractivity contribution in [2.75, 3.05) is 49.1 Å². The number of halogens is 1. The van der Waals surface area contributed by atoms with Crippen LogP contribution in [-0.4, -0.2) is 65.0 Å². The lowest BCUT2D eigenvalue weighted by Gasteiger charge is -2.35. The smallest absolute Gasteiger partial charge is 0.257 e. The molecule has 1 amide bonds. The summed E-state index contributed by atoms with van der Waals surface area (Å²) in [5, 5.41) is 0. The van der Waals surface area contributed by atoms with Crippen LogP contribution in [0.25, 0.3) is 0 Å². The molecule has 2 aromatic rings. The molecular weight excluding hydrogens is 359 g/mol. The van der Waals surface area contributed by atoms with Gasteiger partial charge in [-0.15, -0.1) is 0 Å². The number of pyridine rings is 1. The van der Waals surface area contributed by atoms with Crippen LogP contribution in [0.3, 0.4) is 0 Å². The van der Waals surface area contributed by atoms with Crippen LogP contribution in [0.4, 0.5) is 16.2 Å². The first-order valence-electron chi connectivity index (χ1n) is 9.86. The van der Waals surface area contributed by atoms with Crippen molar-refractivity contribution in [3.8, 4) is 0 Å². The van der Waals surface area contributed by atoms with Crippen molar-refractivity contribution in [2.24, 2.45) is 0 Å². The van der Waals surface area contributed by atoms with Gasteiger partial charge in [0.1, 0.15) is 5.82 Å². The number of hydrogen-bond donors (Lipinski definition) is 0. The molecule has 0 bridgehead atoms. The quantitative estimate of drug-likeness (QED) is 0.809. The maximum absolute atomic E-state index is 13.9. The summed E-state index contributed by atoms with van der Waals surface area (Å²) in [6.45, 7) is 6.34. The summed E-state index contributed by atoms with van der Waals surface area (Å²) in [7, 11) is 0. The van der Waals surface area contributed by atoms with Crippen LogP contribution in [0.2, 0.25) is 0 Å². The molecule has 0 aliphatic carbocycles. The van der Waals surface area contributed by atoms with Gasteiger partial charge in [0, 0.05) is 57.2 Å². The van der Waals surface area contributed by atoms with E-state index in [4.69, 9.17) is 4.98 Å². The highest BCUT2D eigenvalue weighted by molar-refractivity contribution is 5.94. The molecule has 2 aliphatic rings. The highest BCUT2D eigenvalue weighted by Gasteiger charge is 2.26. The van der Waals surface area contributed by atoms with Crippen molar-refractivity contribution in [3.05, 3.63) is 41.6 Å². The Balaban J connectivity index is 1.44. The molecule has 8 heteroatoms. The van der Waals surface area contributed by atoms with Gasteiger partial charge in [-0.25, -0.2) is 9.37 Å². The lowest BCUT2D eigenvalue weighted by atomic mass is 10.1. The predicted molar refractivity (Wildman–Crippen MR) is 105 cm³/mol. The summed E-state index contributed by atoms with van der Waals surface area (Å²) in [5.74, 6) is 0.823. The number of anilines is 2. The van der Waals surface area contributed by atoms with Crippen LogP contribution >= 0.6 is 0 Å². The third kappa shape index (κ3) is 3.90. The van der Waals surface area contributed by atoms with Crippen LogP contribution < -0.4 is 9.80 Å². The Bertz CT molecular complexity index is 846. The van der Waals surface area contributed by atoms with E-state index in [0.29, 0.717) is 32.1 Å². The SMILES string of the molecule is Cc1cc(N2CCCCC2)nc(N2CCN(C(=O)c3ccncc3F)CC2)n1. The zero-order chi connectivity index (χ0) is 19.5. The van der Waals surface area contributed by atoms with E-state index in [2.05, 4.69) is 19.8 Å². The van der Waals surface area contributed by atoms with Crippen LogP contribution in [0.1, 0.15) is 35.3 Å². The zero-order valence-corrected chi connectivity index (χ0v) is 16.1. The number of carbonyl (C=O) groups is 1. The van der Waals surface area contributed by atoms with E-state index < -0.39 is 5.82 Å². The second-order valence-corrected chi connectivity index (χ2v) is 7.35. The third-order valence-corrected chi connectivity index (χ3v) is 5.36. The molecule has 7 nitrogen and oxygen atoms in total. The monoisotopic (exact) mass is 384 g/mol. The summed E-state index contributed by atoms with van der Waals surface area (Å²) in [4.78, 5) is 31.8. The fourth-order valence-corrected chi connectivity index (χ4v) is 3.79.